The first-order valence-corrected chi connectivity index (χ1v) is 8.91. The number of thioether (sulfide) groups is 1. The van der Waals surface area contributed by atoms with E-state index in [2.05, 4.69) is 5.32 Å². The van der Waals surface area contributed by atoms with Crippen LogP contribution < -0.4 is 5.32 Å². The van der Waals surface area contributed by atoms with Crippen molar-refractivity contribution >= 4 is 28.8 Å². The number of benzene rings is 2. The van der Waals surface area contributed by atoms with Gasteiger partial charge in [0.2, 0.25) is 5.91 Å². The van der Waals surface area contributed by atoms with E-state index in [1.807, 2.05) is 31.2 Å². The molecule has 1 heterocycles. The van der Waals surface area contributed by atoms with Crippen molar-refractivity contribution in [2.45, 2.75) is 20.0 Å². The van der Waals surface area contributed by atoms with Gasteiger partial charge in [0, 0.05) is 12.1 Å². The minimum atomic E-state index is -0.237. The van der Waals surface area contributed by atoms with Gasteiger partial charge >= 0.3 is 0 Å². The lowest BCUT2D eigenvalue weighted by Gasteiger charge is -2.13. The molecule has 0 radical (unpaired) electrons. The fourth-order valence-electron chi connectivity index (χ4n) is 2.52. The number of nitrogens with zero attached hydrogens (tertiary/aromatic N) is 1. The molecular weight excluding hydrogens is 336 g/mol. The molecule has 1 aliphatic rings. The van der Waals surface area contributed by atoms with Crippen LogP contribution in [0.5, 0.6) is 0 Å². The summed E-state index contributed by atoms with van der Waals surface area (Å²) >= 11 is 1.01. The topological polar surface area (TPSA) is 66.5 Å². The Kier molecular flexibility index (Phi) is 5.19. The summed E-state index contributed by atoms with van der Waals surface area (Å²) in [7, 11) is 0. The summed E-state index contributed by atoms with van der Waals surface area (Å²) in [5.74, 6) is -0.185. The number of carbonyl (C=O) groups is 3. The first kappa shape index (κ1) is 17.2. The van der Waals surface area contributed by atoms with Crippen LogP contribution in [0.25, 0.3) is 0 Å². The number of carbonyl (C=O) groups excluding carboxylic acids is 3. The minimum Gasteiger partial charge on any atom is -0.348 e. The Morgan fingerprint density at radius 1 is 1.12 bits per heavy atom. The average Bonchev–Trinajstić information content (AvgIpc) is 2.93. The van der Waals surface area contributed by atoms with Crippen molar-refractivity contribution in [2.24, 2.45) is 0 Å². The van der Waals surface area contributed by atoms with Gasteiger partial charge in [0.25, 0.3) is 11.1 Å². The third-order valence-corrected chi connectivity index (χ3v) is 4.80. The third-order valence-electron chi connectivity index (χ3n) is 3.94. The standard InChI is InChI=1S/C19H18N2O3S/c1-13-5-7-14(8-6-13)10-20-18(23)16-4-2-3-15(9-16)11-21-17(22)12-25-19(21)24/h2-9H,10-12H2,1H3,(H,20,23). The number of imide groups is 1. The van der Waals surface area contributed by atoms with Gasteiger partial charge < -0.3 is 5.32 Å². The zero-order chi connectivity index (χ0) is 17.8. The van der Waals surface area contributed by atoms with E-state index < -0.39 is 0 Å². The van der Waals surface area contributed by atoms with Gasteiger partial charge in [-0.15, -0.1) is 0 Å². The molecule has 0 spiro atoms. The number of hydrogen-bond acceptors (Lipinski definition) is 4. The Labute approximate surface area is 150 Å². The smallest absolute Gasteiger partial charge is 0.289 e. The van der Waals surface area contributed by atoms with Gasteiger partial charge in [-0.05, 0) is 30.2 Å². The highest BCUT2D eigenvalue weighted by Crippen LogP contribution is 2.21. The first-order valence-electron chi connectivity index (χ1n) is 7.93. The van der Waals surface area contributed by atoms with Crippen molar-refractivity contribution in [1.82, 2.24) is 10.2 Å². The predicted octanol–water partition coefficient (Wildman–Crippen LogP) is 3.12. The summed E-state index contributed by atoms with van der Waals surface area (Å²) in [6.45, 7) is 2.66. The molecule has 1 N–H and O–H groups in total. The van der Waals surface area contributed by atoms with E-state index in [0.29, 0.717) is 12.1 Å². The van der Waals surface area contributed by atoms with Crippen LogP contribution in [0.1, 0.15) is 27.0 Å². The SMILES string of the molecule is Cc1ccc(CNC(=O)c2cccc(CN3C(=O)CSC3=O)c2)cc1. The van der Waals surface area contributed by atoms with Crippen LogP contribution >= 0.6 is 11.8 Å². The molecule has 3 rings (SSSR count). The zero-order valence-corrected chi connectivity index (χ0v) is 14.6. The van der Waals surface area contributed by atoms with Gasteiger partial charge in [0.05, 0.1) is 12.3 Å². The Bertz CT molecular complexity index is 802. The quantitative estimate of drug-likeness (QED) is 0.896. The van der Waals surface area contributed by atoms with Crippen molar-refractivity contribution in [3.05, 3.63) is 70.8 Å². The second-order valence-electron chi connectivity index (χ2n) is 5.90. The molecule has 0 aromatic heterocycles. The zero-order valence-electron chi connectivity index (χ0n) is 13.8. The van der Waals surface area contributed by atoms with Crippen molar-refractivity contribution in [3.8, 4) is 0 Å². The van der Waals surface area contributed by atoms with Crippen molar-refractivity contribution in [1.29, 1.82) is 0 Å². The van der Waals surface area contributed by atoms with Gasteiger partial charge in [0.15, 0.2) is 0 Å². The van der Waals surface area contributed by atoms with E-state index in [1.54, 1.807) is 24.3 Å². The summed E-state index contributed by atoms with van der Waals surface area (Å²) in [5.41, 5.74) is 3.47. The lowest BCUT2D eigenvalue weighted by molar-refractivity contribution is -0.125. The summed E-state index contributed by atoms with van der Waals surface area (Å²) in [5, 5.41) is 2.65. The average molecular weight is 354 g/mol. The maximum Gasteiger partial charge on any atom is 0.289 e. The van der Waals surface area contributed by atoms with Crippen LogP contribution in [0.4, 0.5) is 4.79 Å². The van der Waals surface area contributed by atoms with Gasteiger partial charge in [-0.25, -0.2) is 0 Å². The second kappa shape index (κ2) is 7.53. The van der Waals surface area contributed by atoms with Crippen LogP contribution in [-0.4, -0.2) is 27.7 Å². The Morgan fingerprint density at radius 3 is 2.56 bits per heavy atom. The Morgan fingerprint density at radius 2 is 1.88 bits per heavy atom. The number of rotatable bonds is 5. The van der Waals surface area contributed by atoms with Gasteiger partial charge in [-0.1, -0.05) is 53.7 Å². The van der Waals surface area contributed by atoms with E-state index in [-0.39, 0.29) is 29.4 Å². The van der Waals surface area contributed by atoms with Gasteiger partial charge in [-0.3, -0.25) is 19.3 Å². The second-order valence-corrected chi connectivity index (χ2v) is 6.83. The van der Waals surface area contributed by atoms with Crippen LogP contribution in [-0.2, 0) is 17.9 Å². The van der Waals surface area contributed by atoms with E-state index in [1.165, 1.54) is 10.5 Å². The molecule has 0 aliphatic carbocycles. The first-order chi connectivity index (χ1) is 12.0. The molecule has 6 heteroatoms. The summed E-state index contributed by atoms with van der Waals surface area (Å²) in [6, 6.07) is 15.0. The Hall–Kier alpha value is -2.60. The molecule has 1 aliphatic heterocycles. The number of amides is 3. The highest BCUT2D eigenvalue weighted by molar-refractivity contribution is 8.14. The molecule has 3 amide bonds. The molecule has 0 atom stereocenters. The van der Waals surface area contributed by atoms with Crippen molar-refractivity contribution < 1.29 is 14.4 Å². The molecule has 2 aromatic carbocycles. The fourth-order valence-corrected chi connectivity index (χ4v) is 3.24. The van der Waals surface area contributed by atoms with Crippen molar-refractivity contribution in [3.63, 3.8) is 0 Å². The molecule has 2 aromatic rings. The number of nitrogens with one attached hydrogen (secondary N) is 1. The van der Waals surface area contributed by atoms with E-state index >= 15 is 0 Å². The molecule has 1 fully saturated rings. The Balaban J connectivity index is 1.64. The molecule has 0 bridgehead atoms. The number of hydrogen-bond donors (Lipinski definition) is 1. The monoisotopic (exact) mass is 354 g/mol. The van der Waals surface area contributed by atoms with Crippen LogP contribution in [0.3, 0.4) is 0 Å². The molecule has 1 saturated heterocycles. The molecule has 25 heavy (non-hydrogen) atoms. The van der Waals surface area contributed by atoms with E-state index in [0.717, 1.165) is 22.9 Å². The summed E-state index contributed by atoms with van der Waals surface area (Å²) < 4.78 is 0. The van der Waals surface area contributed by atoms with Crippen LogP contribution in [0.15, 0.2) is 48.5 Å². The van der Waals surface area contributed by atoms with E-state index in [9.17, 15) is 14.4 Å². The highest BCUT2D eigenvalue weighted by atomic mass is 32.2. The number of aryl methyl sites for hydroxylation is 1. The molecule has 128 valence electrons. The molecular formula is C19H18N2O3S. The summed E-state index contributed by atoms with van der Waals surface area (Å²) in [6.07, 6.45) is 0. The molecule has 0 unspecified atom stereocenters. The van der Waals surface area contributed by atoms with E-state index in [4.69, 9.17) is 0 Å². The lowest BCUT2D eigenvalue weighted by Crippen LogP contribution is -2.28. The lowest BCUT2D eigenvalue weighted by atomic mass is 10.1. The maximum atomic E-state index is 12.3. The van der Waals surface area contributed by atoms with Gasteiger partial charge in [0.1, 0.15) is 0 Å². The fraction of sp³-hybridized carbons (Fsp3) is 0.211. The largest absolute Gasteiger partial charge is 0.348 e. The van der Waals surface area contributed by atoms with Gasteiger partial charge in [-0.2, -0.15) is 0 Å². The third kappa shape index (κ3) is 4.28. The summed E-state index contributed by atoms with van der Waals surface area (Å²) in [4.78, 5) is 36.9. The normalized spacial score (nSPS) is 14.0. The highest BCUT2D eigenvalue weighted by Gasteiger charge is 2.29. The van der Waals surface area contributed by atoms with Crippen LogP contribution in [0, 0.1) is 6.92 Å². The predicted molar refractivity (Wildman–Crippen MR) is 97.2 cm³/mol. The maximum absolute atomic E-state index is 12.3. The van der Waals surface area contributed by atoms with Crippen molar-refractivity contribution in [2.75, 3.05) is 5.75 Å². The van der Waals surface area contributed by atoms with Crippen LogP contribution in [0.2, 0.25) is 0 Å². The molecule has 5 nitrogen and oxygen atoms in total. The molecule has 0 saturated carbocycles. The minimum absolute atomic E-state index is 0.184.